The molecule has 0 fully saturated rings. The molecule has 3 nitrogen and oxygen atoms in total. The van der Waals surface area contributed by atoms with Crippen LogP contribution in [0.4, 0.5) is 0 Å². The van der Waals surface area contributed by atoms with E-state index in [0.717, 1.165) is 17.2 Å². The zero-order chi connectivity index (χ0) is 12.3. The van der Waals surface area contributed by atoms with Crippen LogP contribution in [0, 0.1) is 6.92 Å². The summed E-state index contributed by atoms with van der Waals surface area (Å²) in [6, 6.07) is 2.01. The molecule has 0 aliphatic heterocycles. The van der Waals surface area contributed by atoms with Gasteiger partial charge in [-0.05, 0) is 19.9 Å². The maximum atomic E-state index is 10.9. The second-order valence-electron chi connectivity index (χ2n) is 5.26. The molecular weight excluding hydrogens is 200 g/mol. The third kappa shape index (κ3) is 3.72. The topological polar surface area (TPSA) is 42.9 Å². The molecule has 1 rings (SSSR count). The molecule has 1 aromatic heterocycles. The van der Waals surface area contributed by atoms with Crippen molar-refractivity contribution in [1.82, 2.24) is 9.97 Å². The Hall–Kier alpha value is -1.25. The van der Waals surface area contributed by atoms with Crippen LogP contribution in [0.3, 0.4) is 0 Å². The fourth-order valence-corrected chi connectivity index (χ4v) is 1.41. The minimum absolute atomic E-state index is 0.0265. The summed E-state index contributed by atoms with van der Waals surface area (Å²) in [5, 5.41) is 0. The van der Waals surface area contributed by atoms with Gasteiger partial charge in [-0.1, -0.05) is 20.8 Å². The standard InChI is InChI=1S/C13H20N2O/c1-9-8-11(13(3,4)5)15-12(14-9)7-6-10(2)16/h8H,6-7H2,1-5H3. The lowest BCUT2D eigenvalue weighted by Gasteiger charge is -2.18. The lowest BCUT2D eigenvalue weighted by atomic mass is 9.91. The van der Waals surface area contributed by atoms with Gasteiger partial charge in [0.2, 0.25) is 0 Å². The first-order valence-corrected chi connectivity index (χ1v) is 5.63. The van der Waals surface area contributed by atoms with Gasteiger partial charge < -0.3 is 4.79 Å². The van der Waals surface area contributed by atoms with Gasteiger partial charge in [0.1, 0.15) is 11.6 Å². The zero-order valence-electron chi connectivity index (χ0n) is 10.8. The van der Waals surface area contributed by atoms with Crippen LogP contribution >= 0.6 is 0 Å². The molecular formula is C13H20N2O. The van der Waals surface area contributed by atoms with Crippen molar-refractivity contribution in [3.8, 4) is 0 Å². The van der Waals surface area contributed by atoms with E-state index in [1.165, 1.54) is 0 Å². The molecule has 0 N–H and O–H groups in total. The summed E-state index contributed by atoms with van der Waals surface area (Å²) in [6.07, 6.45) is 1.16. The molecule has 0 saturated heterocycles. The summed E-state index contributed by atoms with van der Waals surface area (Å²) >= 11 is 0. The van der Waals surface area contributed by atoms with Crippen LogP contribution in [0.5, 0.6) is 0 Å². The van der Waals surface area contributed by atoms with E-state index in [-0.39, 0.29) is 11.2 Å². The van der Waals surface area contributed by atoms with Crippen molar-refractivity contribution < 1.29 is 4.79 Å². The summed E-state index contributed by atoms with van der Waals surface area (Å²) < 4.78 is 0. The Morgan fingerprint density at radius 1 is 1.31 bits per heavy atom. The minimum Gasteiger partial charge on any atom is -0.300 e. The maximum absolute atomic E-state index is 10.9. The quantitative estimate of drug-likeness (QED) is 0.786. The zero-order valence-corrected chi connectivity index (χ0v) is 10.8. The first-order chi connectivity index (χ1) is 7.29. The molecule has 0 bridgehead atoms. The van der Waals surface area contributed by atoms with Crippen LogP contribution in [0.1, 0.15) is 51.3 Å². The van der Waals surface area contributed by atoms with E-state index in [4.69, 9.17) is 0 Å². The molecule has 0 atom stereocenters. The van der Waals surface area contributed by atoms with Gasteiger partial charge in [-0.15, -0.1) is 0 Å². The number of Topliss-reactive ketones (excluding diaryl/α,β-unsaturated/α-hetero) is 1. The highest BCUT2D eigenvalue weighted by atomic mass is 16.1. The number of hydrogen-bond donors (Lipinski definition) is 0. The fourth-order valence-electron chi connectivity index (χ4n) is 1.41. The van der Waals surface area contributed by atoms with E-state index in [1.807, 2.05) is 13.0 Å². The van der Waals surface area contributed by atoms with Crippen LogP contribution in [-0.2, 0) is 16.6 Å². The van der Waals surface area contributed by atoms with Gasteiger partial charge in [0.25, 0.3) is 0 Å². The molecule has 0 saturated carbocycles. The number of hydrogen-bond acceptors (Lipinski definition) is 3. The van der Waals surface area contributed by atoms with Gasteiger partial charge >= 0.3 is 0 Å². The van der Waals surface area contributed by atoms with Crippen molar-refractivity contribution in [3.05, 3.63) is 23.3 Å². The van der Waals surface area contributed by atoms with Gasteiger partial charge in [-0.25, -0.2) is 9.97 Å². The van der Waals surface area contributed by atoms with Crippen LogP contribution in [0.25, 0.3) is 0 Å². The summed E-state index contributed by atoms with van der Waals surface area (Å²) in [7, 11) is 0. The van der Waals surface area contributed by atoms with Crippen molar-refractivity contribution in [2.24, 2.45) is 0 Å². The molecule has 16 heavy (non-hydrogen) atoms. The molecule has 1 heterocycles. The number of aryl methyl sites for hydroxylation is 2. The van der Waals surface area contributed by atoms with Crippen molar-refractivity contribution in [3.63, 3.8) is 0 Å². The Bertz CT molecular complexity index is 391. The second kappa shape index (κ2) is 4.73. The lowest BCUT2D eigenvalue weighted by Crippen LogP contribution is -2.16. The van der Waals surface area contributed by atoms with E-state index >= 15 is 0 Å². The van der Waals surface area contributed by atoms with Crippen molar-refractivity contribution >= 4 is 5.78 Å². The Kier molecular flexibility index (Phi) is 3.79. The summed E-state index contributed by atoms with van der Waals surface area (Å²) in [4.78, 5) is 19.8. The largest absolute Gasteiger partial charge is 0.300 e. The highest BCUT2D eigenvalue weighted by molar-refractivity contribution is 5.75. The average molecular weight is 220 g/mol. The predicted octanol–water partition coefficient (Wildman–Crippen LogP) is 2.60. The number of carbonyl (C=O) groups excluding carboxylic acids is 1. The molecule has 0 spiro atoms. The Morgan fingerprint density at radius 2 is 1.94 bits per heavy atom. The molecule has 0 aromatic carbocycles. The molecule has 3 heteroatoms. The third-order valence-electron chi connectivity index (χ3n) is 2.37. The number of carbonyl (C=O) groups is 1. The van der Waals surface area contributed by atoms with Gasteiger partial charge in [0.15, 0.2) is 0 Å². The molecule has 0 amide bonds. The van der Waals surface area contributed by atoms with E-state index < -0.39 is 0 Å². The molecule has 0 radical (unpaired) electrons. The summed E-state index contributed by atoms with van der Waals surface area (Å²) in [5.74, 6) is 0.961. The van der Waals surface area contributed by atoms with Crippen LogP contribution in [0.2, 0.25) is 0 Å². The minimum atomic E-state index is 0.0265. The SMILES string of the molecule is CC(=O)CCc1nc(C)cc(C(C)(C)C)n1. The summed E-state index contributed by atoms with van der Waals surface area (Å²) in [5.41, 5.74) is 2.04. The average Bonchev–Trinajstić information content (AvgIpc) is 2.12. The molecule has 0 unspecified atom stereocenters. The van der Waals surface area contributed by atoms with E-state index in [9.17, 15) is 4.79 Å². The second-order valence-corrected chi connectivity index (χ2v) is 5.26. The number of ketones is 1. The summed E-state index contributed by atoms with van der Waals surface area (Å²) in [6.45, 7) is 9.95. The number of aromatic nitrogens is 2. The lowest BCUT2D eigenvalue weighted by molar-refractivity contribution is -0.117. The van der Waals surface area contributed by atoms with Gasteiger partial charge in [0, 0.05) is 29.6 Å². The van der Waals surface area contributed by atoms with E-state index in [1.54, 1.807) is 6.92 Å². The first-order valence-electron chi connectivity index (χ1n) is 5.63. The molecule has 1 aromatic rings. The normalized spacial score (nSPS) is 11.6. The molecule has 88 valence electrons. The van der Waals surface area contributed by atoms with E-state index in [0.29, 0.717) is 12.8 Å². The third-order valence-corrected chi connectivity index (χ3v) is 2.37. The van der Waals surface area contributed by atoms with Crippen LogP contribution in [0.15, 0.2) is 6.07 Å². The first kappa shape index (κ1) is 12.8. The predicted molar refractivity (Wildman–Crippen MR) is 64.5 cm³/mol. The van der Waals surface area contributed by atoms with E-state index in [2.05, 4.69) is 30.7 Å². The highest BCUT2D eigenvalue weighted by Gasteiger charge is 2.17. The van der Waals surface area contributed by atoms with Gasteiger partial charge in [0.05, 0.1) is 0 Å². The van der Waals surface area contributed by atoms with Crippen LogP contribution < -0.4 is 0 Å². The number of nitrogens with zero attached hydrogens (tertiary/aromatic N) is 2. The Labute approximate surface area is 97.3 Å². The van der Waals surface area contributed by atoms with Crippen molar-refractivity contribution in [2.75, 3.05) is 0 Å². The smallest absolute Gasteiger partial charge is 0.130 e. The Balaban J connectivity index is 2.94. The maximum Gasteiger partial charge on any atom is 0.130 e. The molecule has 0 aliphatic carbocycles. The Morgan fingerprint density at radius 3 is 2.44 bits per heavy atom. The fraction of sp³-hybridized carbons (Fsp3) is 0.615. The monoisotopic (exact) mass is 220 g/mol. The number of rotatable bonds is 3. The van der Waals surface area contributed by atoms with Crippen LogP contribution in [-0.4, -0.2) is 15.8 Å². The van der Waals surface area contributed by atoms with Gasteiger partial charge in [-0.2, -0.15) is 0 Å². The van der Waals surface area contributed by atoms with Crippen molar-refractivity contribution in [2.45, 2.75) is 52.9 Å². The van der Waals surface area contributed by atoms with Crippen molar-refractivity contribution in [1.29, 1.82) is 0 Å². The highest BCUT2D eigenvalue weighted by Crippen LogP contribution is 2.20. The van der Waals surface area contributed by atoms with Gasteiger partial charge in [-0.3, -0.25) is 0 Å². The molecule has 0 aliphatic rings.